The molecule has 5 heteroatoms. The van der Waals surface area contributed by atoms with E-state index in [0.29, 0.717) is 12.3 Å². The van der Waals surface area contributed by atoms with E-state index in [1.165, 1.54) is 28.5 Å². The Bertz CT molecular complexity index is 773. The summed E-state index contributed by atoms with van der Waals surface area (Å²) in [5.41, 5.74) is 4.69. The first-order valence-electron chi connectivity index (χ1n) is 7.84. The van der Waals surface area contributed by atoms with Gasteiger partial charge >= 0.3 is 0 Å². The number of aryl methyl sites for hydroxylation is 1. The van der Waals surface area contributed by atoms with Gasteiger partial charge in [-0.15, -0.1) is 0 Å². The predicted octanol–water partition coefficient (Wildman–Crippen LogP) is 4.62. The lowest BCUT2D eigenvalue weighted by Crippen LogP contribution is -2.28. The van der Waals surface area contributed by atoms with E-state index >= 15 is 0 Å². The fourth-order valence-corrected chi connectivity index (χ4v) is 4.45. The van der Waals surface area contributed by atoms with Crippen LogP contribution in [0.3, 0.4) is 0 Å². The van der Waals surface area contributed by atoms with Gasteiger partial charge in [-0.2, -0.15) is 0 Å². The van der Waals surface area contributed by atoms with Crippen LogP contribution in [0.5, 0.6) is 0 Å². The molecule has 0 aromatic heterocycles. The van der Waals surface area contributed by atoms with Crippen LogP contribution in [0.1, 0.15) is 16.7 Å². The van der Waals surface area contributed by atoms with Gasteiger partial charge in [0.15, 0.2) is 0 Å². The topological polar surface area (TPSA) is 32.7 Å². The van der Waals surface area contributed by atoms with Gasteiger partial charge in [0.05, 0.1) is 11.4 Å². The highest BCUT2D eigenvalue weighted by Gasteiger charge is 2.16. The highest BCUT2D eigenvalue weighted by atomic mass is 32.2. The molecule has 1 aliphatic rings. The van der Waals surface area contributed by atoms with Gasteiger partial charge < -0.3 is 4.90 Å². The van der Waals surface area contributed by atoms with Crippen molar-refractivity contribution >= 4 is 39.5 Å². The maximum Gasteiger partial charge on any atom is 0.233 e. The number of amides is 1. The van der Waals surface area contributed by atoms with Crippen molar-refractivity contribution in [2.24, 2.45) is 4.99 Å². The zero-order valence-electron chi connectivity index (χ0n) is 13.9. The lowest BCUT2D eigenvalue weighted by atomic mass is 10.1. The normalized spacial score (nSPS) is 13.2. The molecule has 124 valence electrons. The van der Waals surface area contributed by atoms with Gasteiger partial charge in [0.2, 0.25) is 5.91 Å². The summed E-state index contributed by atoms with van der Waals surface area (Å²) in [7, 11) is 1.86. The van der Waals surface area contributed by atoms with Gasteiger partial charge in [-0.05, 0) is 29.7 Å². The standard InChI is InChI=1S/C19H20N2OS2/c1-14-7-3-4-8-15(14)11-21(2)18(22)13-24-19-20-17-10-6-5-9-16(17)12-23-19/h3-10H,11-13H2,1-2H3. The van der Waals surface area contributed by atoms with Gasteiger partial charge in [0.25, 0.3) is 0 Å². The van der Waals surface area contributed by atoms with Crippen molar-refractivity contribution in [3.05, 3.63) is 65.2 Å². The Morgan fingerprint density at radius 3 is 2.79 bits per heavy atom. The van der Waals surface area contributed by atoms with E-state index in [-0.39, 0.29) is 5.91 Å². The average Bonchev–Trinajstić information content (AvgIpc) is 2.61. The third-order valence-corrected chi connectivity index (χ3v) is 6.20. The first kappa shape index (κ1) is 17.1. The van der Waals surface area contributed by atoms with Crippen LogP contribution in [-0.4, -0.2) is 28.0 Å². The van der Waals surface area contributed by atoms with Crippen LogP contribution in [0.25, 0.3) is 0 Å². The molecular formula is C19H20N2OS2. The molecule has 0 aliphatic carbocycles. The molecule has 1 heterocycles. The fourth-order valence-electron chi connectivity index (χ4n) is 2.45. The minimum atomic E-state index is 0.130. The number of rotatable bonds is 4. The zero-order chi connectivity index (χ0) is 16.9. The van der Waals surface area contributed by atoms with Crippen LogP contribution in [0.2, 0.25) is 0 Å². The Kier molecular flexibility index (Phi) is 5.63. The number of thioether (sulfide) groups is 2. The number of para-hydroxylation sites is 1. The van der Waals surface area contributed by atoms with E-state index in [1.54, 1.807) is 16.7 Å². The second-order valence-electron chi connectivity index (χ2n) is 5.76. The molecule has 0 fully saturated rings. The smallest absolute Gasteiger partial charge is 0.233 e. The van der Waals surface area contributed by atoms with Gasteiger partial charge in [-0.1, -0.05) is 66.0 Å². The van der Waals surface area contributed by atoms with Gasteiger partial charge in [-0.25, -0.2) is 4.99 Å². The molecule has 1 aliphatic heterocycles. The molecule has 0 radical (unpaired) electrons. The molecule has 0 saturated heterocycles. The molecule has 0 atom stereocenters. The maximum atomic E-state index is 12.4. The molecule has 0 spiro atoms. The molecular weight excluding hydrogens is 336 g/mol. The summed E-state index contributed by atoms with van der Waals surface area (Å²) in [5.74, 6) is 1.48. The highest BCUT2D eigenvalue weighted by molar-refractivity contribution is 8.38. The number of hydrogen-bond donors (Lipinski definition) is 0. The van der Waals surface area contributed by atoms with Crippen molar-refractivity contribution in [1.82, 2.24) is 4.90 Å². The number of carbonyl (C=O) groups excluding carboxylic acids is 1. The first-order chi connectivity index (χ1) is 11.6. The average molecular weight is 357 g/mol. The summed E-state index contributed by atoms with van der Waals surface area (Å²) < 4.78 is 0.978. The second-order valence-corrected chi connectivity index (χ2v) is 7.95. The molecule has 24 heavy (non-hydrogen) atoms. The van der Waals surface area contributed by atoms with Gasteiger partial charge in [-0.3, -0.25) is 4.79 Å². The molecule has 0 unspecified atom stereocenters. The molecule has 3 nitrogen and oxygen atoms in total. The van der Waals surface area contributed by atoms with E-state index in [1.807, 2.05) is 37.4 Å². The van der Waals surface area contributed by atoms with E-state index < -0.39 is 0 Å². The van der Waals surface area contributed by atoms with Crippen molar-refractivity contribution in [3.8, 4) is 0 Å². The quantitative estimate of drug-likeness (QED) is 0.801. The minimum absolute atomic E-state index is 0.130. The molecule has 1 amide bonds. The van der Waals surface area contributed by atoms with Crippen molar-refractivity contribution in [1.29, 1.82) is 0 Å². The lowest BCUT2D eigenvalue weighted by Gasteiger charge is -2.19. The monoisotopic (exact) mass is 356 g/mol. The molecule has 2 aromatic rings. The zero-order valence-corrected chi connectivity index (χ0v) is 15.5. The molecule has 0 N–H and O–H groups in total. The summed E-state index contributed by atoms with van der Waals surface area (Å²) in [6.07, 6.45) is 0. The SMILES string of the molecule is Cc1ccccc1CN(C)C(=O)CSC1=Nc2ccccc2CS1. The summed E-state index contributed by atoms with van der Waals surface area (Å²) in [6, 6.07) is 16.4. The Morgan fingerprint density at radius 2 is 1.96 bits per heavy atom. The molecule has 3 rings (SSSR count). The summed E-state index contributed by atoms with van der Waals surface area (Å²) in [6.45, 7) is 2.72. The predicted molar refractivity (Wildman–Crippen MR) is 105 cm³/mol. The number of hydrogen-bond acceptors (Lipinski definition) is 4. The molecule has 2 aromatic carbocycles. The number of carbonyl (C=O) groups is 1. The largest absolute Gasteiger partial charge is 0.341 e. The second kappa shape index (κ2) is 7.90. The third kappa shape index (κ3) is 4.22. The van der Waals surface area contributed by atoms with Gasteiger partial charge in [0.1, 0.15) is 4.38 Å². The fraction of sp³-hybridized carbons (Fsp3) is 0.263. The van der Waals surface area contributed by atoms with Crippen LogP contribution in [0.15, 0.2) is 53.5 Å². The van der Waals surface area contributed by atoms with Crippen LogP contribution >= 0.6 is 23.5 Å². The number of nitrogens with zero attached hydrogens (tertiary/aromatic N) is 2. The lowest BCUT2D eigenvalue weighted by molar-refractivity contribution is -0.127. The maximum absolute atomic E-state index is 12.4. The summed E-state index contributed by atoms with van der Waals surface area (Å²) >= 11 is 3.24. The first-order valence-corrected chi connectivity index (χ1v) is 9.81. The van der Waals surface area contributed by atoms with E-state index in [9.17, 15) is 4.79 Å². The van der Waals surface area contributed by atoms with Crippen LogP contribution in [0.4, 0.5) is 5.69 Å². The molecule has 0 saturated carbocycles. The Hall–Kier alpha value is -1.72. The number of aliphatic imine (C=N–C) groups is 1. The minimum Gasteiger partial charge on any atom is -0.341 e. The van der Waals surface area contributed by atoms with E-state index in [2.05, 4.69) is 30.1 Å². The summed E-state index contributed by atoms with van der Waals surface area (Å²) in [5, 5.41) is 0. The third-order valence-electron chi connectivity index (χ3n) is 3.97. The Balaban J connectivity index is 1.56. The number of fused-ring (bicyclic) bond motifs is 1. The van der Waals surface area contributed by atoms with Crippen LogP contribution < -0.4 is 0 Å². The van der Waals surface area contributed by atoms with Crippen molar-refractivity contribution in [3.63, 3.8) is 0 Å². The van der Waals surface area contributed by atoms with Gasteiger partial charge in [0, 0.05) is 19.3 Å². The summed E-state index contributed by atoms with van der Waals surface area (Å²) in [4.78, 5) is 18.8. The number of benzene rings is 2. The molecule has 0 bridgehead atoms. The van der Waals surface area contributed by atoms with E-state index in [4.69, 9.17) is 0 Å². The van der Waals surface area contributed by atoms with Crippen molar-refractivity contribution in [2.45, 2.75) is 19.2 Å². The Morgan fingerprint density at radius 1 is 1.21 bits per heavy atom. The van der Waals surface area contributed by atoms with Crippen LogP contribution in [-0.2, 0) is 17.1 Å². The van der Waals surface area contributed by atoms with Crippen molar-refractivity contribution < 1.29 is 4.79 Å². The van der Waals surface area contributed by atoms with Crippen LogP contribution in [0, 0.1) is 6.92 Å². The highest BCUT2D eigenvalue weighted by Crippen LogP contribution is 2.34. The Labute approximate surface area is 151 Å². The van der Waals surface area contributed by atoms with Crippen molar-refractivity contribution in [2.75, 3.05) is 12.8 Å². The van der Waals surface area contributed by atoms with E-state index in [0.717, 1.165) is 15.8 Å².